The average molecular weight is 444 g/mol. The number of benzene rings is 2. The quantitative estimate of drug-likeness (QED) is 0.741. The van der Waals surface area contributed by atoms with Gasteiger partial charge in [-0.1, -0.05) is 24.6 Å². The first kappa shape index (κ1) is 21.6. The second kappa shape index (κ2) is 9.28. The highest BCUT2D eigenvalue weighted by Crippen LogP contribution is 2.31. The van der Waals surface area contributed by atoms with Gasteiger partial charge in [-0.3, -0.25) is 4.79 Å². The fraction of sp³-hybridized carbons (Fsp3) is 0.435. The largest absolute Gasteiger partial charge is 0.495 e. The molecule has 31 heavy (non-hydrogen) atoms. The van der Waals surface area contributed by atoms with E-state index in [1.165, 1.54) is 17.0 Å². The van der Waals surface area contributed by atoms with Crippen LogP contribution in [0, 0.1) is 0 Å². The van der Waals surface area contributed by atoms with E-state index < -0.39 is 10.0 Å². The Morgan fingerprint density at radius 2 is 1.81 bits per heavy atom. The van der Waals surface area contributed by atoms with E-state index in [1.807, 2.05) is 18.2 Å². The van der Waals surface area contributed by atoms with Crippen LogP contribution in [0.15, 0.2) is 47.4 Å². The summed E-state index contributed by atoms with van der Waals surface area (Å²) in [7, 11) is -2.04. The summed E-state index contributed by atoms with van der Waals surface area (Å²) in [4.78, 5) is 15.0. The molecular weight excluding hydrogens is 414 g/mol. The van der Waals surface area contributed by atoms with E-state index in [-0.39, 0.29) is 17.3 Å². The van der Waals surface area contributed by atoms with Gasteiger partial charge >= 0.3 is 0 Å². The van der Waals surface area contributed by atoms with Crippen LogP contribution in [0.2, 0.25) is 0 Å². The van der Waals surface area contributed by atoms with E-state index in [9.17, 15) is 13.2 Å². The van der Waals surface area contributed by atoms with Crippen molar-refractivity contribution < 1.29 is 17.9 Å². The van der Waals surface area contributed by atoms with Crippen LogP contribution in [-0.4, -0.2) is 51.9 Å². The third kappa shape index (κ3) is 4.55. The van der Waals surface area contributed by atoms with Gasteiger partial charge in [-0.2, -0.15) is 4.31 Å². The third-order valence-electron chi connectivity index (χ3n) is 5.97. The normalized spacial score (nSPS) is 17.1. The van der Waals surface area contributed by atoms with Crippen molar-refractivity contribution in [2.75, 3.05) is 43.5 Å². The summed E-state index contributed by atoms with van der Waals surface area (Å²) in [6.07, 6.45) is 4.72. The lowest BCUT2D eigenvalue weighted by atomic mass is 10.0. The van der Waals surface area contributed by atoms with E-state index in [4.69, 9.17) is 4.74 Å². The Hall–Kier alpha value is -2.58. The molecule has 4 rings (SSSR count). The summed E-state index contributed by atoms with van der Waals surface area (Å²) < 4.78 is 33.0. The molecular formula is C23H29N3O4S. The first-order valence-corrected chi connectivity index (χ1v) is 12.2. The minimum Gasteiger partial charge on any atom is -0.495 e. The number of hydrogen-bond acceptors (Lipinski definition) is 5. The molecule has 0 aromatic heterocycles. The van der Waals surface area contributed by atoms with Gasteiger partial charge in [0.25, 0.3) is 0 Å². The molecule has 0 unspecified atom stereocenters. The van der Waals surface area contributed by atoms with Gasteiger partial charge in [0.2, 0.25) is 15.9 Å². The molecule has 7 nitrogen and oxygen atoms in total. The van der Waals surface area contributed by atoms with E-state index in [0.717, 1.165) is 37.8 Å². The Morgan fingerprint density at radius 3 is 2.58 bits per heavy atom. The van der Waals surface area contributed by atoms with Crippen LogP contribution >= 0.6 is 0 Å². The smallest absolute Gasteiger partial charge is 0.246 e. The number of nitrogens with zero attached hydrogens (tertiary/aromatic N) is 2. The molecule has 0 radical (unpaired) electrons. The molecule has 2 aromatic carbocycles. The van der Waals surface area contributed by atoms with E-state index in [1.54, 1.807) is 23.1 Å². The molecule has 2 aromatic rings. The molecule has 2 aliphatic heterocycles. The van der Waals surface area contributed by atoms with Gasteiger partial charge in [-0.25, -0.2) is 8.42 Å². The van der Waals surface area contributed by atoms with Crippen molar-refractivity contribution >= 4 is 27.3 Å². The van der Waals surface area contributed by atoms with E-state index in [0.29, 0.717) is 31.1 Å². The van der Waals surface area contributed by atoms with Gasteiger partial charge in [0.15, 0.2) is 0 Å². The second-order valence-corrected chi connectivity index (χ2v) is 9.90. The van der Waals surface area contributed by atoms with Gasteiger partial charge in [0.05, 0.1) is 24.2 Å². The van der Waals surface area contributed by atoms with Crippen molar-refractivity contribution in [1.29, 1.82) is 0 Å². The number of ether oxygens (including phenoxy) is 1. The number of carbonyl (C=O) groups excluding carboxylic acids is 1. The van der Waals surface area contributed by atoms with Gasteiger partial charge < -0.3 is 15.0 Å². The lowest BCUT2D eigenvalue weighted by molar-refractivity contribution is -0.117. The fourth-order valence-corrected chi connectivity index (χ4v) is 5.84. The van der Waals surface area contributed by atoms with Crippen molar-refractivity contribution in [2.24, 2.45) is 0 Å². The number of carbonyl (C=O) groups is 1. The van der Waals surface area contributed by atoms with Crippen LogP contribution in [-0.2, 0) is 21.2 Å². The zero-order valence-electron chi connectivity index (χ0n) is 17.8. The van der Waals surface area contributed by atoms with Crippen LogP contribution in [0.25, 0.3) is 0 Å². The van der Waals surface area contributed by atoms with Crippen molar-refractivity contribution in [3.05, 3.63) is 48.0 Å². The highest BCUT2D eigenvalue weighted by molar-refractivity contribution is 7.89. The molecule has 0 atom stereocenters. The van der Waals surface area contributed by atoms with Crippen LogP contribution in [0.5, 0.6) is 5.75 Å². The molecule has 1 saturated heterocycles. The van der Waals surface area contributed by atoms with E-state index >= 15 is 0 Å². The molecule has 0 saturated carbocycles. The number of nitrogens with one attached hydrogen (secondary N) is 1. The van der Waals surface area contributed by atoms with Gasteiger partial charge in [-0.15, -0.1) is 0 Å². The summed E-state index contributed by atoms with van der Waals surface area (Å²) >= 11 is 0. The SMILES string of the molecule is COc1ccc(S(=O)(=O)N2CCCCC2)cc1NCC(=O)N1CCCc2ccccc21. The van der Waals surface area contributed by atoms with Gasteiger partial charge in [0.1, 0.15) is 5.75 Å². The number of sulfonamides is 1. The number of fused-ring (bicyclic) bond motifs is 1. The summed E-state index contributed by atoms with van der Waals surface area (Å²) in [6, 6.07) is 12.7. The molecule has 166 valence electrons. The van der Waals surface area contributed by atoms with E-state index in [2.05, 4.69) is 11.4 Å². The molecule has 2 aliphatic rings. The van der Waals surface area contributed by atoms with Crippen LogP contribution in [0.3, 0.4) is 0 Å². The maximum Gasteiger partial charge on any atom is 0.246 e. The number of anilines is 2. The Bertz CT molecular complexity index is 1050. The molecule has 1 N–H and O–H groups in total. The number of piperidine rings is 1. The predicted octanol–water partition coefficient (Wildman–Crippen LogP) is 3.26. The maximum atomic E-state index is 13.0. The predicted molar refractivity (Wildman–Crippen MR) is 121 cm³/mol. The highest BCUT2D eigenvalue weighted by Gasteiger charge is 2.27. The minimum atomic E-state index is -3.57. The Labute approximate surface area is 184 Å². The topological polar surface area (TPSA) is 79.0 Å². The first-order valence-electron chi connectivity index (χ1n) is 10.8. The fourth-order valence-electron chi connectivity index (χ4n) is 4.30. The first-order chi connectivity index (χ1) is 15.0. The maximum absolute atomic E-state index is 13.0. The number of methoxy groups -OCH3 is 1. The van der Waals surface area contributed by atoms with Crippen LogP contribution < -0.4 is 15.0 Å². The Kier molecular flexibility index (Phi) is 6.48. The zero-order valence-corrected chi connectivity index (χ0v) is 18.7. The van der Waals surface area contributed by atoms with Crippen molar-refractivity contribution in [1.82, 2.24) is 4.31 Å². The number of aryl methyl sites for hydroxylation is 1. The van der Waals surface area contributed by atoms with Crippen LogP contribution in [0.1, 0.15) is 31.2 Å². The monoisotopic (exact) mass is 443 g/mol. The lowest BCUT2D eigenvalue weighted by Crippen LogP contribution is -2.39. The highest BCUT2D eigenvalue weighted by atomic mass is 32.2. The lowest BCUT2D eigenvalue weighted by Gasteiger charge is -2.29. The summed E-state index contributed by atoms with van der Waals surface area (Å²) in [5.41, 5.74) is 2.63. The van der Waals surface area contributed by atoms with Crippen molar-refractivity contribution in [2.45, 2.75) is 37.0 Å². The Balaban J connectivity index is 1.52. The summed E-state index contributed by atoms with van der Waals surface area (Å²) in [5.74, 6) is 0.447. The molecule has 0 spiro atoms. The zero-order chi connectivity index (χ0) is 21.8. The molecule has 1 fully saturated rings. The number of amides is 1. The molecule has 0 bridgehead atoms. The minimum absolute atomic E-state index is 0.0535. The number of para-hydroxylation sites is 1. The Morgan fingerprint density at radius 1 is 1.03 bits per heavy atom. The average Bonchev–Trinajstić information content (AvgIpc) is 2.82. The number of rotatable bonds is 6. The molecule has 0 aliphatic carbocycles. The van der Waals surface area contributed by atoms with Crippen molar-refractivity contribution in [3.8, 4) is 5.75 Å². The molecule has 8 heteroatoms. The molecule has 2 heterocycles. The van der Waals surface area contributed by atoms with Crippen molar-refractivity contribution in [3.63, 3.8) is 0 Å². The summed E-state index contributed by atoms with van der Waals surface area (Å²) in [6.45, 7) is 1.82. The summed E-state index contributed by atoms with van der Waals surface area (Å²) in [5, 5.41) is 3.11. The second-order valence-electron chi connectivity index (χ2n) is 7.96. The third-order valence-corrected chi connectivity index (χ3v) is 7.86. The molecule has 1 amide bonds. The van der Waals surface area contributed by atoms with Gasteiger partial charge in [-0.05, 0) is 55.5 Å². The number of hydrogen-bond donors (Lipinski definition) is 1. The van der Waals surface area contributed by atoms with Crippen LogP contribution in [0.4, 0.5) is 11.4 Å². The van der Waals surface area contributed by atoms with Gasteiger partial charge in [0, 0.05) is 25.3 Å². The standard InChI is InChI=1S/C23H29N3O4S/c1-30-22-12-11-19(31(28,29)25-13-5-2-6-14-25)16-20(22)24-17-23(27)26-15-7-9-18-8-3-4-10-21(18)26/h3-4,8,10-12,16,24H,2,5-7,9,13-15,17H2,1H3.